The minimum atomic E-state index is -4.80. The molecule has 0 heterocycles. The SMILES string of the molecule is O=C(O)CC=Cc1ccc(Br)cc1OC(F)(F)F. The molecule has 0 atom stereocenters. The molecule has 0 aromatic heterocycles. The van der Waals surface area contributed by atoms with E-state index in [-0.39, 0.29) is 12.0 Å². The van der Waals surface area contributed by atoms with E-state index in [0.717, 1.165) is 6.07 Å². The first-order valence-electron chi connectivity index (χ1n) is 4.71. The zero-order chi connectivity index (χ0) is 13.8. The lowest BCUT2D eigenvalue weighted by atomic mass is 10.2. The maximum Gasteiger partial charge on any atom is 0.573 e. The summed E-state index contributed by atoms with van der Waals surface area (Å²) in [6.07, 6.45) is -2.56. The summed E-state index contributed by atoms with van der Waals surface area (Å²) in [4.78, 5) is 10.3. The fourth-order valence-corrected chi connectivity index (χ4v) is 1.49. The van der Waals surface area contributed by atoms with E-state index < -0.39 is 18.1 Å². The third-order valence-corrected chi connectivity index (χ3v) is 2.28. The highest BCUT2D eigenvalue weighted by Crippen LogP contribution is 2.30. The van der Waals surface area contributed by atoms with Gasteiger partial charge in [-0.1, -0.05) is 34.1 Å². The van der Waals surface area contributed by atoms with Crippen LogP contribution < -0.4 is 4.74 Å². The van der Waals surface area contributed by atoms with Crippen molar-refractivity contribution in [3.05, 3.63) is 34.3 Å². The molecule has 1 aromatic carbocycles. The van der Waals surface area contributed by atoms with Gasteiger partial charge in [0.2, 0.25) is 0 Å². The van der Waals surface area contributed by atoms with E-state index in [9.17, 15) is 18.0 Å². The van der Waals surface area contributed by atoms with Crippen LogP contribution in [0.25, 0.3) is 6.08 Å². The quantitative estimate of drug-likeness (QED) is 0.915. The Balaban J connectivity index is 2.96. The predicted molar refractivity (Wildman–Crippen MR) is 62.1 cm³/mol. The lowest BCUT2D eigenvalue weighted by molar-refractivity contribution is -0.274. The number of ether oxygens (including phenoxy) is 1. The molecule has 0 saturated heterocycles. The molecule has 1 rings (SSSR count). The van der Waals surface area contributed by atoms with E-state index in [1.165, 1.54) is 24.3 Å². The van der Waals surface area contributed by atoms with Gasteiger partial charge < -0.3 is 9.84 Å². The molecule has 0 unspecified atom stereocenters. The Morgan fingerprint density at radius 1 is 1.44 bits per heavy atom. The number of carbonyl (C=O) groups is 1. The fraction of sp³-hybridized carbons (Fsp3) is 0.182. The Labute approximate surface area is 109 Å². The van der Waals surface area contributed by atoms with Crippen LogP contribution in [-0.4, -0.2) is 17.4 Å². The second-order valence-corrected chi connectivity index (χ2v) is 4.15. The summed E-state index contributed by atoms with van der Waals surface area (Å²) in [6, 6.07) is 4.08. The molecular weight excluding hydrogens is 317 g/mol. The molecule has 1 aromatic rings. The van der Waals surface area contributed by atoms with Crippen LogP contribution in [0, 0.1) is 0 Å². The molecule has 98 valence electrons. The van der Waals surface area contributed by atoms with Crippen molar-refractivity contribution in [2.45, 2.75) is 12.8 Å². The standard InChI is InChI=1S/C11H8BrF3O3/c12-8-5-4-7(2-1-3-10(16)17)9(6-8)18-11(13,14)15/h1-2,4-6H,3H2,(H,16,17). The number of carboxylic acid groups (broad SMARTS) is 1. The molecule has 0 saturated carbocycles. The van der Waals surface area contributed by atoms with Crippen LogP contribution in [0.2, 0.25) is 0 Å². The number of benzene rings is 1. The number of alkyl halides is 3. The maximum atomic E-state index is 12.1. The fourth-order valence-electron chi connectivity index (χ4n) is 1.15. The second-order valence-electron chi connectivity index (χ2n) is 3.23. The molecule has 0 radical (unpaired) electrons. The first kappa shape index (κ1) is 14.6. The van der Waals surface area contributed by atoms with Crippen molar-refractivity contribution in [2.75, 3.05) is 0 Å². The summed E-state index contributed by atoms with van der Waals surface area (Å²) >= 11 is 3.03. The van der Waals surface area contributed by atoms with Gasteiger partial charge in [0.1, 0.15) is 5.75 Å². The molecule has 1 N–H and O–H groups in total. The molecule has 0 fully saturated rings. The molecule has 0 aliphatic heterocycles. The van der Waals surface area contributed by atoms with Crippen molar-refractivity contribution in [2.24, 2.45) is 0 Å². The maximum absolute atomic E-state index is 12.1. The molecular formula is C11H8BrF3O3. The molecule has 0 spiro atoms. The Bertz CT molecular complexity index is 469. The molecule has 0 amide bonds. The van der Waals surface area contributed by atoms with Gasteiger partial charge in [-0.3, -0.25) is 4.79 Å². The molecule has 0 aliphatic carbocycles. The van der Waals surface area contributed by atoms with E-state index in [1.54, 1.807) is 0 Å². The lowest BCUT2D eigenvalue weighted by Gasteiger charge is -2.11. The monoisotopic (exact) mass is 324 g/mol. The van der Waals surface area contributed by atoms with Gasteiger partial charge in [-0.2, -0.15) is 0 Å². The highest BCUT2D eigenvalue weighted by molar-refractivity contribution is 9.10. The number of carboxylic acids is 1. The lowest BCUT2D eigenvalue weighted by Crippen LogP contribution is -2.17. The van der Waals surface area contributed by atoms with Gasteiger partial charge >= 0.3 is 12.3 Å². The zero-order valence-electron chi connectivity index (χ0n) is 8.87. The third-order valence-electron chi connectivity index (χ3n) is 1.79. The van der Waals surface area contributed by atoms with Crippen molar-refractivity contribution in [3.63, 3.8) is 0 Å². The van der Waals surface area contributed by atoms with E-state index in [1.807, 2.05) is 0 Å². The average molecular weight is 325 g/mol. The molecule has 0 aliphatic rings. The van der Waals surface area contributed by atoms with E-state index in [0.29, 0.717) is 4.47 Å². The minimum absolute atomic E-state index is 0.150. The highest BCUT2D eigenvalue weighted by Gasteiger charge is 2.31. The van der Waals surface area contributed by atoms with Crippen LogP contribution in [0.4, 0.5) is 13.2 Å². The van der Waals surface area contributed by atoms with Crippen LogP contribution in [0.1, 0.15) is 12.0 Å². The molecule has 0 bridgehead atoms. The summed E-state index contributed by atoms with van der Waals surface area (Å²) in [5, 5.41) is 8.42. The van der Waals surface area contributed by atoms with Crippen LogP contribution in [0.3, 0.4) is 0 Å². The predicted octanol–water partition coefficient (Wildman–Crippen LogP) is 3.84. The number of hydrogen-bond acceptors (Lipinski definition) is 2. The van der Waals surface area contributed by atoms with Gasteiger partial charge in [0.05, 0.1) is 6.42 Å². The second kappa shape index (κ2) is 5.90. The van der Waals surface area contributed by atoms with Gasteiger partial charge in [0.25, 0.3) is 0 Å². The number of aliphatic carboxylic acids is 1. The zero-order valence-corrected chi connectivity index (χ0v) is 10.5. The van der Waals surface area contributed by atoms with Crippen molar-refractivity contribution < 1.29 is 27.8 Å². The Hall–Kier alpha value is -1.50. The first-order valence-corrected chi connectivity index (χ1v) is 5.51. The van der Waals surface area contributed by atoms with Crippen molar-refractivity contribution >= 4 is 28.0 Å². The number of halogens is 4. The summed E-state index contributed by atoms with van der Waals surface area (Å²) in [7, 11) is 0. The van der Waals surface area contributed by atoms with Crippen LogP contribution in [0.5, 0.6) is 5.75 Å². The van der Waals surface area contributed by atoms with Crippen molar-refractivity contribution in [1.82, 2.24) is 0 Å². The molecule has 7 heteroatoms. The van der Waals surface area contributed by atoms with Crippen molar-refractivity contribution in [1.29, 1.82) is 0 Å². The van der Waals surface area contributed by atoms with E-state index >= 15 is 0 Å². The average Bonchev–Trinajstić information content (AvgIpc) is 2.18. The largest absolute Gasteiger partial charge is 0.573 e. The van der Waals surface area contributed by atoms with Crippen LogP contribution in [-0.2, 0) is 4.79 Å². The summed E-state index contributed by atoms with van der Waals surface area (Å²) in [5.41, 5.74) is 0.150. The van der Waals surface area contributed by atoms with E-state index in [4.69, 9.17) is 5.11 Å². The third kappa shape index (κ3) is 5.22. The summed E-state index contributed by atoms with van der Waals surface area (Å²) in [5.74, 6) is -1.46. The Kier molecular flexibility index (Phi) is 4.77. The van der Waals surface area contributed by atoms with Gasteiger partial charge in [-0.05, 0) is 12.1 Å². The molecule has 18 heavy (non-hydrogen) atoms. The smallest absolute Gasteiger partial charge is 0.481 e. The van der Waals surface area contributed by atoms with Gasteiger partial charge in [0.15, 0.2) is 0 Å². The van der Waals surface area contributed by atoms with Crippen LogP contribution >= 0.6 is 15.9 Å². The Morgan fingerprint density at radius 3 is 2.67 bits per heavy atom. The number of rotatable bonds is 4. The van der Waals surface area contributed by atoms with Gasteiger partial charge in [-0.15, -0.1) is 13.2 Å². The first-order chi connectivity index (χ1) is 8.28. The minimum Gasteiger partial charge on any atom is -0.481 e. The Morgan fingerprint density at radius 2 is 2.11 bits per heavy atom. The number of hydrogen-bond donors (Lipinski definition) is 1. The topological polar surface area (TPSA) is 46.5 Å². The van der Waals surface area contributed by atoms with Crippen LogP contribution in [0.15, 0.2) is 28.7 Å². The summed E-state index contributed by atoms with van der Waals surface area (Å²) in [6.45, 7) is 0. The van der Waals surface area contributed by atoms with Gasteiger partial charge in [-0.25, -0.2) is 0 Å². The molecule has 3 nitrogen and oxygen atoms in total. The van der Waals surface area contributed by atoms with Crippen molar-refractivity contribution in [3.8, 4) is 5.75 Å². The normalized spacial score (nSPS) is 11.8. The highest BCUT2D eigenvalue weighted by atomic mass is 79.9. The van der Waals surface area contributed by atoms with E-state index in [2.05, 4.69) is 20.7 Å². The summed E-state index contributed by atoms with van der Waals surface area (Å²) < 4.78 is 40.7. The van der Waals surface area contributed by atoms with Gasteiger partial charge in [0, 0.05) is 10.0 Å².